The fourth-order valence-electron chi connectivity index (χ4n) is 14.2. The number of nitrogens with two attached hydrogens (primary N) is 1. The normalized spacial score (nSPS) is 15.0. The molecular formula is C80H135GdN15O36-3. The Balaban J connectivity index is 0. The molecule has 9 unspecified atom stereocenters. The topological polar surface area (TPSA) is 833 Å². The number of hydrogen-bond donors (Lipinski definition) is 23. The van der Waals surface area contributed by atoms with Gasteiger partial charge in [0.15, 0.2) is 0 Å². The molecule has 3 rings (SSSR count). The minimum absolute atomic E-state index is 0. The van der Waals surface area contributed by atoms with Gasteiger partial charge in [0.1, 0.15) is 11.1 Å². The van der Waals surface area contributed by atoms with Crippen LogP contribution >= 0.6 is 0 Å². The number of carboxylic acids is 6. The van der Waals surface area contributed by atoms with Crippen LogP contribution in [-0.2, 0) is 83.7 Å². The van der Waals surface area contributed by atoms with E-state index in [9.17, 15) is 165 Å². The van der Waals surface area contributed by atoms with Gasteiger partial charge >= 0.3 is 39.9 Å². The molecule has 1 radical (unpaired) electrons. The first-order chi connectivity index (χ1) is 61.3. The van der Waals surface area contributed by atoms with Crippen LogP contribution in [0.4, 0.5) is 0 Å². The molecule has 51 nitrogen and oxygen atoms in total. The third kappa shape index (κ3) is 41.9. The molecule has 2 aromatic rings. The van der Waals surface area contributed by atoms with E-state index in [1.165, 1.54) is 54.8 Å². The van der Waals surface area contributed by atoms with Gasteiger partial charge in [0, 0.05) is 182 Å². The van der Waals surface area contributed by atoms with Crippen LogP contribution in [0.25, 0.3) is 0 Å². The number of amides is 6. The number of nitrogens with zero attached hydrogens (tertiary/aromatic N) is 10. The van der Waals surface area contributed by atoms with Gasteiger partial charge in [-0.05, 0) is 56.4 Å². The number of fused-ring (bicyclic) bond motifs is 2. The van der Waals surface area contributed by atoms with E-state index >= 15 is 0 Å². The Kier molecular flexibility index (Phi) is 64.6. The quantitative estimate of drug-likeness (QED) is 0.0292. The van der Waals surface area contributed by atoms with Gasteiger partial charge < -0.3 is 193 Å². The van der Waals surface area contributed by atoms with Gasteiger partial charge in [0.2, 0.25) is 35.4 Å². The number of nitrogens with one attached hydrogen (secondary N) is 4. The van der Waals surface area contributed by atoms with E-state index in [0.717, 1.165) is 14.7 Å². The van der Waals surface area contributed by atoms with Crippen molar-refractivity contribution in [2.75, 3.05) is 191 Å². The molecule has 3 heterocycles. The predicted molar refractivity (Wildman–Crippen MR) is 442 cm³/mol. The number of β-amino-alcohol motifs (C(OH)–C–C–N with tert-alkyl or cyclic N) is 3. The number of aliphatic hydroxyl groups is 18. The largest absolute Gasteiger partial charge is 3.00 e. The summed E-state index contributed by atoms with van der Waals surface area (Å²) in [6, 6.07) is -0.809. The third-order valence-electron chi connectivity index (χ3n) is 21.7. The summed E-state index contributed by atoms with van der Waals surface area (Å²) in [6.07, 6.45) is -9.60. The average Bonchev–Trinajstić information content (AvgIpc) is 0.824. The number of carbonyl (C=O) groups is 12. The summed E-state index contributed by atoms with van der Waals surface area (Å²) in [6.45, 7) is -17.0. The van der Waals surface area contributed by atoms with Crippen molar-refractivity contribution < 1.29 is 220 Å². The van der Waals surface area contributed by atoms with Crippen LogP contribution < -0.4 is 57.6 Å². The zero-order valence-corrected chi connectivity index (χ0v) is 74.3. The molecule has 0 aliphatic carbocycles. The minimum Gasteiger partial charge on any atom is -0.548 e. The van der Waals surface area contributed by atoms with Crippen molar-refractivity contribution in [1.82, 2.24) is 70.4 Å². The van der Waals surface area contributed by atoms with Crippen LogP contribution in [-0.4, -0.2) is 474 Å². The van der Waals surface area contributed by atoms with Gasteiger partial charge in [-0.15, -0.1) is 0 Å². The van der Waals surface area contributed by atoms with Crippen LogP contribution in [0.15, 0.2) is 36.4 Å². The Hall–Kier alpha value is -7.74. The Labute approximate surface area is 795 Å². The van der Waals surface area contributed by atoms with E-state index in [2.05, 4.69) is 31.2 Å². The average molecular weight is 2040 g/mol. The molecule has 132 heavy (non-hydrogen) atoms. The Morgan fingerprint density at radius 2 is 0.742 bits per heavy atom. The molecule has 2 aromatic heterocycles. The maximum Gasteiger partial charge on any atom is 3.00 e. The molecule has 0 aromatic carbocycles. The SMILES string of the molecule is C.C.NCCN(CCN(Cc1cccc(CNC(CCC(=O)N(CCO)C(CO)(CO)CO)C(=O)[O-])n1)C(CCC(=O)N(CCO)C(CO)(CO)CO)C(=O)[O-])C(CCC(=O)N(CCO)C(CO)(CCO)CCO)C(=O)[O-].O=C(CC(C(=O)[O-])N1CCN(C(CC(=O)NCC(O)CO)C(=O)[O-])Cc2cccc(n2)CN(C(CC(=O)NCC(O)CO)C(=O)[O-])CC1)NCC(O)CO.[Gd+3]. The number of carbonyl (C=O) groups excluding carboxylic acids is 12. The first-order valence-corrected chi connectivity index (χ1v) is 41.5. The predicted octanol–water partition coefficient (Wildman–Crippen LogP) is -20.5. The molecular weight excluding hydrogens is 1900 g/mol. The smallest absolute Gasteiger partial charge is 0.548 e. The summed E-state index contributed by atoms with van der Waals surface area (Å²) >= 11 is 0. The zero-order valence-electron chi connectivity index (χ0n) is 72.1. The van der Waals surface area contributed by atoms with Crippen LogP contribution in [0.5, 0.6) is 0 Å². The summed E-state index contributed by atoms with van der Waals surface area (Å²) in [5.41, 5.74) is 1.35. The summed E-state index contributed by atoms with van der Waals surface area (Å²) in [5.74, 6) is -15.2. The fourth-order valence-corrected chi connectivity index (χ4v) is 14.2. The van der Waals surface area contributed by atoms with Gasteiger partial charge in [-0.25, -0.2) is 0 Å². The van der Waals surface area contributed by atoms with E-state index in [1.54, 1.807) is 6.07 Å². The number of hydrogen-bond acceptors (Lipinski definition) is 45. The number of carboxylic acid groups (broad SMARTS) is 6. The molecule has 757 valence electrons. The standard InChI is InChI=1S/C46H82N8O21.C32H51N7O15.2CH4.Gd/c47-12-13-50(36(42(72)73)5-8-39(68)52(16-21-57)44(26-60,10-19-55)11-20-56)14-15-51(37(43(74)75)6-9-40(69)54(18-23-59)46(30-64,31-65)32-66)25-34-3-1-2-33(49-34)24-48-35(41(70)71)4-7-38(67)53(17-22-58)45(27-61,28-62)29-63;40-16-21(43)11-33-27(46)8-24(30(49)50)37-4-6-38(25(31(51)52)9-28(47)34-12-22(44)17-41)14-19-2-1-3-20(36-19)15-39(7-5-37)26(32(53)54)10-29(48)35-13-23(45)18-42;;;/h1-3,35-37,48,55-66H,4-32,47H2,(H,70,71)(H,72,73)(H,74,75);1-3,21-26,40-45H,4-18H2,(H,33,46)(H,34,47)(H,35,48)(H,49,50)(H,51,52)(H,53,54);2*1H4;/q;;;;+3/p-6. The Morgan fingerprint density at radius 1 is 0.409 bits per heavy atom. The van der Waals surface area contributed by atoms with Crippen LogP contribution in [0, 0.1) is 39.9 Å². The second-order valence-corrected chi connectivity index (χ2v) is 30.6. The number of aromatic nitrogens is 2. The fraction of sp³-hybridized carbons (Fsp3) is 0.725. The van der Waals surface area contributed by atoms with Gasteiger partial charge in [-0.1, -0.05) is 27.0 Å². The molecule has 0 saturated carbocycles. The van der Waals surface area contributed by atoms with E-state index in [4.69, 9.17) is 21.1 Å². The number of rotatable bonds is 65. The molecule has 52 heteroatoms. The molecule has 0 saturated heterocycles. The molecule has 1 aliphatic rings. The van der Waals surface area contributed by atoms with Crippen molar-refractivity contribution in [2.45, 2.75) is 183 Å². The first-order valence-electron chi connectivity index (χ1n) is 41.5. The van der Waals surface area contributed by atoms with Crippen LogP contribution in [0.3, 0.4) is 0 Å². The van der Waals surface area contributed by atoms with Crippen molar-refractivity contribution in [2.24, 2.45) is 5.73 Å². The van der Waals surface area contributed by atoms with E-state index in [-0.39, 0.29) is 189 Å². The summed E-state index contributed by atoms with van der Waals surface area (Å²) in [5, 5.41) is 259. The second-order valence-electron chi connectivity index (χ2n) is 30.6. The van der Waals surface area contributed by atoms with Gasteiger partial charge in [-0.3, -0.25) is 63.2 Å². The Morgan fingerprint density at radius 3 is 1.08 bits per heavy atom. The molecule has 9 atom stereocenters. The number of aliphatic hydroxyl groups excluding tert-OH is 18. The third-order valence-corrected chi connectivity index (χ3v) is 21.7. The Bertz CT molecular complexity index is 3640. The maximum atomic E-state index is 13.7. The summed E-state index contributed by atoms with van der Waals surface area (Å²) < 4.78 is 0. The minimum atomic E-state index is -1.96. The van der Waals surface area contributed by atoms with Crippen molar-refractivity contribution in [3.05, 3.63) is 59.2 Å². The van der Waals surface area contributed by atoms with Gasteiger partial charge in [-0.2, -0.15) is 0 Å². The van der Waals surface area contributed by atoms with E-state index < -0.39 is 319 Å². The number of aliphatic carboxylic acids is 6. The molecule has 24 N–H and O–H groups in total. The summed E-state index contributed by atoms with van der Waals surface area (Å²) in [4.78, 5) is 172. The summed E-state index contributed by atoms with van der Waals surface area (Å²) in [7, 11) is 0. The molecule has 0 fully saturated rings. The van der Waals surface area contributed by atoms with E-state index in [1.807, 2.05) is 0 Å². The van der Waals surface area contributed by atoms with Gasteiger partial charge in [0.05, 0.1) is 192 Å². The molecule has 2 bridgehead atoms. The van der Waals surface area contributed by atoms with Crippen LogP contribution in [0.2, 0.25) is 0 Å². The second kappa shape index (κ2) is 67.5. The van der Waals surface area contributed by atoms with Crippen molar-refractivity contribution >= 4 is 71.3 Å². The zero-order chi connectivity index (χ0) is 97.2. The van der Waals surface area contributed by atoms with Crippen molar-refractivity contribution in [1.29, 1.82) is 0 Å². The van der Waals surface area contributed by atoms with Gasteiger partial charge in [0.25, 0.3) is 0 Å². The molecule has 1 aliphatic heterocycles. The maximum absolute atomic E-state index is 13.7. The van der Waals surface area contributed by atoms with Crippen molar-refractivity contribution in [3.63, 3.8) is 0 Å². The van der Waals surface area contributed by atoms with Crippen molar-refractivity contribution in [3.8, 4) is 0 Å². The first kappa shape index (κ1) is 126. The van der Waals surface area contributed by atoms with Crippen LogP contribution in [0.1, 0.15) is 108 Å². The molecule has 0 spiro atoms. The number of pyridine rings is 2. The monoisotopic (exact) mass is 2040 g/mol. The molecule has 6 amide bonds. The van der Waals surface area contributed by atoms with E-state index in [0.29, 0.717) is 0 Å².